The number of para-hydroxylation sites is 1. The first kappa shape index (κ1) is 20.5. The molecule has 0 bridgehead atoms. The maximum absolute atomic E-state index is 12.9. The minimum atomic E-state index is -0.442. The lowest BCUT2D eigenvalue weighted by atomic mass is 10.1. The number of amides is 2. The van der Waals surface area contributed by atoms with Gasteiger partial charge >= 0.3 is 0 Å². The van der Waals surface area contributed by atoms with Crippen molar-refractivity contribution < 1.29 is 19.1 Å². The normalized spacial score (nSPS) is 16.3. The van der Waals surface area contributed by atoms with Crippen molar-refractivity contribution in [1.82, 2.24) is 4.90 Å². The zero-order valence-corrected chi connectivity index (χ0v) is 17.0. The summed E-state index contributed by atoms with van der Waals surface area (Å²) in [6.07, 6.45) is 3.85. The second kappa shape index (κ2) is 9.28. The number of likely N-dealkylation sites (N-methyl/N-ethyl adjacent to an activating group) is 1. The Bertz CT molecular complexity index is 895. The van der Waals surface area contributed by atoms with Crippen LogP contribution in [0.5, 0.6) is 11.5 Å². The summed E-state index contributed by atoms with van der Waals surface area (Å²) in [7, 11) is 3.15. The van der Waals surface area contributed by atoms with Crippen LogP contribution in [-0.2, 0) is 9.59 Å². The number of hydrogen-bond donors (Lipinski definition) is 0. The largest absolute Gasteiger partial charge is 0.493 e. The van der Waals surface area contributed by atoms with Crippen LogP contribution in [0.3, 0.4) is 0 Å². The fourth-order valence-corrected chi connectivity index (χ4v) is 3.57. The smallest absolute Gasteiger partial charge is 0.249 e. The Morgan fingerprint density at radius 2 is 1.86 bits per heavy atom. The summed E-state index contributed by atoms with van der Waals surface area (Å²) in [5, 5.41) is 0. The minimum absolute atomic E-state index is 0.0362. The Morgan fingerprint density at radius 1 is 1.14 bits per heavy atom. The fourth-order valence-electron chi connectivity index (χ4n) is 3.57. The minimum Gasteiger partial charge on any atom is -0.493 e. The second-order valence-corrected chi connectivity index (χ2v) is 6.70. The number of nitrogens with zero attached hydrogens (tertiary/aromatic N) is 2. The number of carbonyl (C=O) groups excluding carboxylic acids is 2. The molecule has 2 amide bonds. The molecule has 1 heterocycles. The first-order valence-electron chi connectivity index (χ1n) is 9.66. The molecule has 1 atom stereocenters. The number of carbonyl (C=O) groups is 2. The summed E-state index contributed by atoms with van der Waals surface area (Å²) in [5.74, 6) is 1.00. The van der Waals surface area contributed by atoms with Gasteiger partial charge < -0.3 is 19.3 Å². The SMILES string of the molecule is CCN(C(=O)/C=C/c1ccc(OC)c(OC)c1)C1CCN(c2ccccc2)C1=O. The van der Waals surface area contributed by atoms with Crippen molar-refractivity contribution in [2.45, 2.75) is 19.4 Å². The highest BCUT2D eigenvalue weighted by molar-refractivity contribution is 6.03. The number of benzene rings is 2. The monoisotopic (exact) mass is 394 g/mol. The number of rotatable bonds is 7. The zero-order chi connectivity index (χ0) is 20.8. The summed E-state index contributed by atoms with van der Waals surface area (Å²) >= 11 is 0. The van der Waals surface area contributed by atoms with Gasteiger partial charge in [-0.05, 0) is 49.2 Å². The van der Waals surface area contributed by atoms with Gasteiger partial charge in [0.25, 0.3) is 0 Å². The average Bonchev–Trinajstić information content (AvgIpc) is 3.14. The van der Waals surface area contributed by atoms with E-state index < -0.39 is 6.04 Å². The van der Waals surface area contributed by atoms with Gasteiger partial charge in [-0.15, -0.1) is 0 Å². The van der Waals surface area contributed by atoms with E-state index in [1.54, 1.807) is 42.2 Å². The van der Waals surface area contributed by atoms with Crippen LogP contribution in [0.4, 0.5) is 5.69 Å². The molecule has 6 nitrogen and oxygen atoms in total. The van der Waals surface area contributed by atoms with Gasteiger partial charge in [0, 0.05) is 24.9 Å². The van der Waals surface area contributed by atoms with E-state index in [4.69, 9.17) is 9.47 Å². The Balaban J connectivity index is 1.72. The van der Waals surface area contributed by atoms with Gasteiger partial charge in [-0.25, -0.2) is 0 Å². The van der Waals surface area contributed by atoms with Gasteiger partial charge in [-0.1, -0.05) is 24.3 Å². The van der Waals surface area contributed by atoms with Crippen molar-refractivity contribution >= 4 is 23.6 Å². The Morgan fingerprint density at radius 3 is 2.52 bits per heavy atom. The van der Waals surface area contributed by atoms with Crippen LogP contribution in [0.1, 0.15) is 18.9 Å². The van der Waals surface area contributed by atoms with Crippen molar-refractivity contribution in [2.75, 3.05) is 32.2 Å². The van der Waals surface area contributed by atoms with E-state index in [2.05, 4.69) is 0 Å². The molecule has 1 saturated heterocycles. The van der Waals surface area contributed by atoms with Gasteiger partial charge in [0.2, 0.25) is 11.8 Å². The van der Waals surface area contributed by atoms with Gasteiger partial charge in [0.05, 0.1) is 14.2 Å². The fraction of sp³-hybridized carbons (Fsp3) is 0.304. The zero-order valence-electron chi connectivity index (χ0n) is 17.0. The lowest BCUT2D eigenvalue weighted by Crippen LogP contribution is -2.44. The van der Waals surface area contributed by atoms with E-state index in [1.165, 1.54) is 6.08 Å². The highest BCUT2D eigenvalue weighted by Gasteiger charge is 2.37. The molecule has 6 heteroatoms. The number of anilines is 1. The van der Waals surface area contributed by atoms with E-state index in [1.807, 2.05) is 43.3 Å². The van der Waals surface area contributed by atoms with Gasteiger partial charge in [0.15, 0.2) is 11.5 Å². The molecule has 2 aromatic carbocycles. The molecule has 152 valence electrons. The summed E-state index contributed by atoms with van der Waals surface area (Å²) in [5.41, 5.74) is 1.68. The van der Waals surface area contributed by atoms with Crippen LogP contribution in [0.25, 0.3) is 6.08 Å². The van der Waals surface area contributed by atoms with E-state index >= 15 is 0 Å². The molecule has 1 fully saturated rings. The van der Waals surface area contributed by atoms with Gasteiger partial charge in [0.1, 0.15) is 6.04 Å². The van der Waals surface area contributed by atoms with Crippen LogP contribution in [0, 0.1) is 0 Å². The standard InChI is InChI=1S/C23H26N2O4/c1-4-24(19-14-15-25(23(19)27)18-8-6-5-7-9-18)22(26)13-11-17-10-12-20(28-2)21(16-17)29-3/h5-13,16,19H,4,14-15H2,1-3H3/b13-11+. The second-order valence-electron chi connectivity index (χ2n) is 6.70. The number of methoxy groups -OCH3 is 2. The van der Waals surface area contributed by atoms with E-state index in [-0.39, 0.29) is 11.8 Å². The molecule has 29 heavy (non-hydrogen) atoms. The summed E-state index contributed by atoms with van der Waals surface area (Å²) < 4.78 is 10.5. The Hall–Kier alpha value is -3.28. The van der Waals surface area contributed by atoms with Crippen molar-refractivity contribution in [3.8, 4) is 11.5 Å². The number of ether oxygens (including phenoxy) is 2. The Labute approximate surface area is 171 Å². The van der Waals surface area contributed by atoms with Gasteiger partial charge in [-0.3, -0.25) is 9.59 Å². The molecule has 0 N–H and O–H groups in total. The molecule has 1 aliphatic rings. The molecule has 0 aromatic heterocycles. The van der Waals surface area contributed by atoms with E-state index in [0.717, 1.165) is 11.3 Å². The highest BCUT2D eigenvalue weighted by atomic mass is 16.5. The summed E-state index contributed by atoms with van der Waals surface area (Å²) in [4.78, 5) is 29.1. The van der Waals surface area contributed by atoms with Crippen LogP contribution in [0.15, 0.2) is 54.6 Å². The predicted molar refractivity (Wildman–Crippen MR) is 113 cm³/mol. The quantitative estimate of drug-likeness (QED) is 0.676. The molecule has 0 saturated carbocycles. The third-order valence-corrected chi connectivity index (χ3v) is 5.07. The highest BCUT2D eigenvalue weighted by Crippen LogP contribution is 2.28. The number of hydrogen-bond acceptors (Lipinski definition) is 4. The van der Waals surface area contributed by atoms with Crippen LogP contribution in [-0.4, -0.2) is 50.1 Å². The molecule has 2 aromatic rings. The van der Waals surface area contributed by atoms with Crippen molar-refractivity contribution in [3.05, 3.63) is 60.2 Å². The predicted octanol–water partition coefficient (Wildman–Crippen LogP) is 3.37. The van der Waals surface area contributed by atoms with Crippen molar-refractivity contribution in [3.63, 3.8) is 0 Å². The Kier molecular flexibility index (Phi) is 6.54. The topological polar surface area (TPSA) is 59.1 Å². The lowest BCUT2D eigenvalue weighted by Gasteiger charge is -2.26. The molecule has 1 aliphatic heterocycles. The van der Waals surface area contributed by atoms with Crippen molar-refractivity contribution in [2.24, 2.45) is 0 Å². The average molecular weight is 394 g/mol. The molecule has 1 unspecified atom stereocenters. The lowest BCUT2D eigenvalue weighted by molar-refractivity contribution is -0.134. The van der Waals surface area contributed by atoms with Crippen molar-refractivity contribution in [1.29, 1.82) is 0 Å². The van der Waals surface area contributed by atoms with Crippen LogP contribution in [0.2, 0.25) is 0 Å². The first-order chi connectivity index (χ1) is 14.1. The summed E-state index contributed by atoms with van der Waals surface area (Å²) in [6.45, 7) is 2.96. The summed E-state index contributed by atoms with van der Waals surface area (Å²) in [6, 6.07) is 14.6. The molecule has 3 rings (SSSR count). The van der Waals surface area contributed by atoms with Crippen LogP contribution >= 0.6 is 0 Å². The van der Waals surface area contributed by atoms with E-state index in [0.29, 0.717) is 31.0 Å². The molecular formula is C23H26N2O4. The molecular weight excluding hydrogens is 368 g/mol. The third kappa shape index (κ3) is 4.42. The molecule has 0 radical (unpaired) electrons. The third-order valence-electron chi connectivity index (χ3n) is 5.07. The van der Waals surface area contributed by atoms with Crippen LogP contribution < -0.4 is 14.4 Å². The van der Waals surface area contributed by atoms with E-state index in [9.17, 15) is 9.59 Å². The maximum Gasteiger partial charge on any atom is 0.249 e. The van der Waals surface area contributed by atoms with Gasteiger partial charge in [-0.2, -0.15) is 0 Å². The molecule has 0 aliphatic carbocycles. The maximum atomic E-state index is 12.9. The first-order valence-corrected chi connectivity index (χ1v) is 9.66. The molecule has 0 spiro atoms.